The molecule has 0 radical (unpaired) electrons. The Kier molecular flexibility index (Phi) is 3.22. The molecule has 0 atom stereocenters. The van der Waals surface area contributed by atoms with Crippen LogP contribution in [0.15, 0.2) is 12.1 Å². The highest BCUT2D eigenvalue weighted by Gasteiger charge is 2.31. The molecule has 0 saturated heterocycles. The highest BCUT2D eigenvalue weighted by Crippen LogP contribution is 2.37. The van der Waals surface area contributed by atoms with Gasteiger partial charge < -0.3 is 5.73 Å². The van der Waals surface area contributed by atoms with E-state index in [1.54, 1.807) is 0 Å². The lowest BCUT2D eigenvalue weighted by molar-refractivity contribution is 0.301. The molecule has 1 fully saturated rings. The normalized spacial score (nSPS) is 18.7. The number of hydrogen-bond acceptors (Lipinski definition) is 2. The highest BCUT2D eigenvalue weighted by atomic mass is 14.7. The van der Waals surface area contributed by atoms with Crippen molar-refractivity contribution in [3.8, 4) is 6.07 Å². The van der Waals surface area contributed by atoms with E-state index in [1.165, 1.54) is 36.0 Å². The lowest BCUT2D eigenvalue weighted by atomic mass is 9.75. The first-order chi connectivity index (χ1) is 8.07. The first-order valence-electron chi connectivity index (χ1n) is 6.37. The van der Waals surface area contributed by atoms with E-state index in [1.807, 2.05) is 12.1 Å². The molecule has 2 rings (SSSR count). The molecule has 0 amide bonds. The van der Waals surface area contributed by atoms with Gasteiger partial charge in [0, 0.05) is 5.54 Å². The van der Waals surface area contributed by atoms with Crippen LogP contribution in [0.5, 0.6) is 0 Å². The molecular formula is C15H20N2. The van der Waals surface area contributed by atoms with Crippen molar-refractivity contribution in [2.75, 3.05) is 0 Å². The average molecular weight is 228 g/mol. The molecular weight excluding hydrogens is 208 g/mol. The van der Waals surface area contributed by atoms with E-state index < -0.39 is 0 Å². The maximum absolute atomic E-state index is 9.07. The fourth-order valence-corrected chi connectivity index (χ4v) is 2.89. The largest absolute Gasteiger partial charge is 0.321 e. The summed E-state index contributed by atoms with van der Waals surface area (Å²) in [5.74, 6) is 0. The predicted octanol–water partition coefficient (Wildman–Crippen LogP) is 3.29. The summed E-state index contributed by atoms with van der Waals surface area (Å²) in [6, 6.07) is 6.18. The fraction of sp³-hybridized carbons (Fsp3) is 0.533. The Hall–Kier alpha value is -1.33. The minimum absolute atomic E-state index is 0.208. The van der Waals surface area contributed by atoms with Crippen LogP contribution in [0.2, 0.25) is 0 Å². The van der Waals surface area contributed by atoms with Gasteiger partial charge in [-0.05, 0) is 55.5 Å². The summed E-state index contributed by atoms with van der Waals surface area (Å²) in [5.41, 5.74) is 10.7. The number of nitriles is 1. The Morgan fingerprint density at radius 1 is 1.18 bits per heavy atom. The minimum atomic E-state index is -0.208. The van der Waals surface area contributed by atoms with E-state index in [0.29, 0.717) is 0 Å². The Balaban J connectivity index is 2.50. The van der Waals surface area contributed by atoms with Crippen LogP contribution >= 0.6 is 0 Å². The van der Waals surface area contributed by atoms with Gasteiger partial charge in [0.05, 0.1) is 11.6 Å². The molecule has 1 aromatic carbocycles. The van der Waals surface area contributed by atoms with Crippen LogP contribution in [0.4, 0.5) is 0 Å². The zero-order chi connectivity index (χ0) is 12.5. The van der Waals surface area contributed by atoms with Crippen LogP contribution in [-0.2, 0) is 5.54 Å². The van der Waals surface area contributed by atoms with Gasteiger partial charge in [-0.15, -0.1) is 0 Å². The lowest BCUT2D eigenvalue weighted by Gasteiger charge is -2.35. The third-order valence-electron chi connectivity index (χ3n) is 4.08. The molecule has 1 saturated carbocycles. The van der Waals surface area contributed by atoms with Crippen molar-refractivity contribution in [3.63, 3.8) is 0 Å². The van der Waals surface area contributed by atoms with Crippen molar-refractivity contribution in [1.29, 1.82) is 5.26 Å². The first kappa shape index (κ1) is 12.1. The van der Waals surface area contributed by atoms with Gasteiger partial charge in [-0.25, -0.2) is 0 Å². The van der Waals surface area contributed by atoms with Gasteiger partial charge in [0.1, 0.15) is 0 Å². The van der Waals surface area contributed by atoms with E-state index in [0.717, 1.165) is 18.4 Å². The van der Waals surface area contributed by atoms with Crippen molar-refractivity contribution in [2.24, 2.45) is 5.73 Å². The SMILES string of the molecule is Cc1cc(C#N)cc(C2(N)CCCCC2)c1C. The summed E-state index contributed by atoms with van der Waals surface area (Å²) in [5, 5.41) is 9.07. The molecule has 1 aliphatic rings. The Morgan fingerprint density at radius 3 is 2.41 bits per heavy atom. The van der Waals surface area contributed by atoms with E-state index in [4.69, 9.17) is 11.0 Å². The topological polar surface area (TPSA) is 49.8 Å². The molecule has 0 unspecified atom stereocenters. The molecule has 0 bridgehead atoms. The van der Waals surface area contributed by atoms with Crippen LogP contribution in [0.1, 0.15) is 54.4 Å². The fourth-order valence-electron chi connectivity index (χ4n) is 2.89. The zero-order valence-electron chi connectivity index (χ0n) is 10.7. The first-order valence-corrected chi connectivity index (χ1v) is 6.37. The minimum Gasteiger partial charge on any atom is -0.321 e. The molecule has 2 heteroatoms. The second-order valence-corrected chi connectivity index (χ2v) is 5.29. The van der Waals surface area contributed by atoms with Crippen molar-refractivity contribution < 1.29 is 0 Å². The number of hydrogen-bond donors (Lipinski definition) is 1. The molecule has 0 aliphatic heterocycles. The smallest absolute Gasteiger partial charge is 0.0991 e. The van der Waals surface area contributed by atoms with Gasteiger partial charge in [-0.1, -0.05) is 19.3 Å². The van der Waals surface area contributed by atoms with Gasteiger partial charge in [0.15, 0.2) is 0 Å². The summed E-state index contributed by atoms with van der Waals surface area (Å²) in [6.45, 7) is 4.18. The molecule has 0 aromatic heterocycles. The maximum Gasteiger partial charge on any atom is 0.0991 e. The van der Waals surface area contributed by atoms with Crippen molar-refractivity contribution >= 4 is 0 Å². The van der Waals surface area contributed by atoms with Crippen LogP contribution in [0.25, 0.3) is 0 Å². The maximum atomic E-state index is 9.07. The van der Waals surface area contributed by atoms with Crippen LogP contribution < -0.4 is 5.73 Å². The van der Waals surface area contributed by atoms with Crippen LogP contribution in [-0.4, -0.2) is 0 Å². The van der Waals surface area contributed by atoms with Gasteiger partial charge >= 0.3 is 0 Å². The van der Waals surface area contributed by atoms with Crippen LogP contribution in [0.3, 0.4) is 0 Å². The van der Waals surface area contributed by atoms with Crippen molar-refractivity contribution in [3.05, 3.63) is 34.4 Å². The summed E-state index contributed by atoms with van der Waals surface area (Å²) >= 11 is 0. The van der Waals surface area contributed by atoms with Crippen molar-refractivity contribution in [1.82, 2.24) is 0 Å². The molecule has 2 N–H and O–H groups in total. The van der Waals surface area contributed by atoms with Crippen LogP contribution in [0, 0.1) is 25.2 Å². The molecule has 1 aromatic rings. The molecule has 1 aliphatic carbocycles. The summed E-state index contributed by atoms with van der Waals surface area (Å²) < 4.78 is 0. The van der Waals surface area contributed by atoms with E-state index >= 15 is 0 Å². The molecule has 90 valence electrons. The predicted molar refractivity (Wildman–Crippen MR) is 69.6 cm³/mol. The average Bonchev–Trinajstić information content (AvgIpc) is 2.33. The second kappa shape index (κ2) is 4.50. The quantitative estimate of drug-likeness (QED) is 0.801. The Bertz CT molecular complexity index is 463. The standard InChI is InChI=1S/C15H20N2/c1-11-8-13(10-16)9-14(12(11)2)15(17)6-4-3-5-7-15/h8-9H,3-7,17H2,1-2H3. The number of rotatable bonds is 1. The van der Waals surface area contributed by atoms with Gasteiger partial charge in [-0.3, -0.25) is 0 Å². The molecule has 17 heavy (non-hydrogen) atoms. The lowest BCUT2D eigenvalue weighted by Crippen LogP contribution is -2.39. The van der Waals surface area contributed by atoms with E-state index in [2.05, 4.69) is 19.9 Å². The number of benzene rings is 1. The van der Waals surface area contributed by atoms with Gasteiger partial charge in [-0.2, -0.15) is 5.26 Å². The van der Waals surface area contributed by atoms with Gasteiger partial charge in [0.25, 0.3) is 0 Å². The monoisotopic (exact) mass is 228 g/mol. The van der Waals surface area contributed by atoms with E-state index in [-0.39, 0.29) is 5.54 Å². The summed E-state index contributed by atoms with van der Waals surface area (Å²) in [4.78, 5) is 0. The second-order valence-electron chi connectivity index (χ2n) is 5.29. The highest BCUT2D eigenvalue weighted by molar-refractivity contribution is 5.46. The summed E-state index contributed by atoms with van der Waals surface area (Å²) in [7, 11) is 0. The third-order valence-corrected chi connectivity index (χ3v) is 4.08. The molecule has 0 heterocycles. The third kappa shape index (κ3) is 2.21. The molecule has 0 spiro atoms. The Morgan fingerprint density at radius 2 is 1.82 bits per heavy atom. The zero-order valence-corrected chi connectivity index (χ0v) is 10.7. The van der Waals surface area contributed by atoms with Crippen molar-refractivity contribution in [2.45, 2.75) is 51.5 Å². The summed E-state index contributed by atoms with van der Waals surface area (Å²) in [6.07, 6.45) is 5.77. The van der Waals surface area contributed by atoms with E-state index in [9.17, 15) is 0 Å². The number of aryl methyl sites for hydroxylation is 1. The molecule has 2 nitrogen and oxygen atoms in total. The number of nitrogens with two attached hydrogens (primary N) is 1. The van der Waals surface area contributed by atoms with Gasteiger partial charge in [0.2, 0.25) is 0 Å². The Labute approximate surface area is 103 Å². The number of nitrogens with zero attached hydrogens (tertiary/aromatic N) is 1.